The van der Waals surface area contributed by atoms with Gasteiger partial charge < -0.3 is 4.90 Å². The van der Waals surface area contributed by atoms with E-state index in [0.717, 1.165) is 17.1 Å². The molecule has 0 fully saturated rings. The van der Waals surface area contributed by atoms with Gasteiger partial charge in [-0.05, 0) is 31.2 Å². The lowest BCUT2D eigenvalue weighted by molar-refractivity contribution is 0.101. The van der Waals surface area contributed by atoms with Crippen LogP contribution in [0.1, 0.15) is 23.1 Å². The highest BCUT2D eigenvalue weighted by atomic mass is 16.1. The fraction of sp³-hybridized carbons (Fsp3) is 0.308. The lowest BCUT2D eigenvalue weighted by atomic mass is 10.2. The van der Waals surface area contributed by atoms with Gasteiger partial charge in [0.1, 0.15) is 0 Å². The zero-order chi connectivity index (χ0) is 13.3. The van der Waals surface area contributed by atoms with Crippen molar-refractivity contribution in [1.29, 1.82) is 0 Å². The molecule has 0 bridgehead atoms. The number of hydrogen-bond donors (Lipinski definition) is 0. The van der Waals surface area contributed by atoms with Crippen molar-refractivity contribution in [3.63, 3.8) is 0 Å². The molecule has 0 aliphatic carbocycles. The van der Waals surface area contributed by atoms with Gasteiger partial charge in [0, 0.05) is 26.7 Å². The van der Waals surface area contributed by atoms with Gasteiger partial charge in [0.2, 0.25) is 0 Å². The Hall–Kier alpha value is -2.17. The van der Waals surface area contributed by atoms with Crippen LogP contribution >= 0.6 is 0 Å². The van der Waals surface area contributed by atoms with E-state index in [1.165, 1.54) is 6.92 Å². The Balaban J connectivity index is 2.40. The van der Waals surface area contributed by atoms with E-state index in [2.05, 4.69) is 10.3 Å². The van der Waals surface area contributed by atoms with E-state index < -0.39 is 0 Å². The molecule has 2 rings (SSSR count). The van der Waals surface area contributed by atoms with Crippen molar-refractivity contribution >= 4 is 11.5 Å². The standard InChI is InChI=1S/C13H16N4O/c1-9-13(10(2)18)14-15-17(9)12-7-5-11(6-8-12)16(3)4/h5-8H,1-4H3. The lowest BCUT2D eigenvalue weighted by Gasteiger charge is -2.12. The van der Waals surface area contributed by atoms with Crippen molar-refractivity contribution in [3.8, 4) is 5.69 Å². The van der Waals surface area contributed by atoms with Gasteiger partial charge in [0.05, 0.1) is 11.4 Å². The van der Waals surface area contributed by atoms with Gasteiger partial charge in [0.15, 0.2) is 11.5 Å². The highest BCUT2D eigenvalue weighted by Gasteiger charge is 2.13. The topological polar surface area (TPSA) is 51.0 Å². The van der Waals surface area contributed by atoms with E-state index in [1.54, 1.807) is 4.68 Å². The van der Waals surface area contributed by atoms with E-state index >= 15 is 0 Å². The van der Waals surface area contributed by atoms with Crippen LogP contribution in [0.3, 0.4) is 0 Å². The first-order valence-corrected chi connectivity index (χ1v) is 5.71. The highest BCUT2D eigenvalue weighted by molar-refractivity contribution is 5.93. The number of nitrogens with zero attached hydrogens (tertiary/aromatic N) is 4. The van der Waals surface area contributed by atoms with E-state index in [-0.39, 0.29) is 5.78 Å². The van der Waals surface area contributed by atoms with Crippen molar-refractivity contribution in [2.75, 3.05) is 19.0 Å². The largest absolute Gasteiger partial charge is 0.378 e. The van der Waals surface area contributed by atoms with Crippen LogP contribution in [0.4, 0.5) is 5.69 Å². The molecule has 0 radical (unpaired) electrons. The molecule has 5 nitrogen and oxygen atoms in total. The Morgan fingerprint density at radius 2 is 1.83 bits per heavy atom. The molecule has 18 heavy (non-hydrogen) atoms. The molecule has 0 atom stereocenters. The van der Waals surface area contributed by atoms with Crippen molar-refractivity contribution in [3.05, 3.63) is 35.7 Å². The number of aromatic nitrogens is 3. The summed E-state index contributed by atoms with van der Waals surface area (Å²) in [4.78, 5) is 13.4. The van der Waals surface area contributed by atoms with Crippen molar-refractivity contribution in [2.24, 2.45) is 0 Å². The molecule has 0 saturated carbocycles. The average molecular weight is 244 g/mol. The van der Waals surface area contributed by atoms with Crippen LogP contribution in [0.15, 0.2) is 24.3 Å². The first-order chi connectivity index (χ1) is 8.50. The fourth-order valence-corrected chi connectivity index (χ4v) is 1.79. The number of anilines is 1. The molecule has 0 unspecified atom stereocenters. The summed E-state index contributed by atoms with van der Waals surface area (Å²) >= 11 is 0. The second-order valence-electron chi connectivity index (χ2n) is 4.40. The maximum atomic E-state index is 11.3. The Kier molecular flexibility index (Phi) is 3.14. The summed E-state index contributed by atoms with van der Waals surface area (Å²) in [5.74, 6) is -0.0661. The molecule has 0 amide bonds. The summed E-state index contributed by atoms with van der Waals surface area (Å²) in [6, 6.07) is 7.93. The smallest absolute Gasteiger partial charge is 0.181 e. The predicted octanol–water partition coefficient (Wildman–Crippen LogP) is 1.84. The zero-order valence-electron chi connectivity index (χ0n) is 11.0. The number of benzene rings is 1. The summed E-state index contributed by atoms with van der Waals surface area (Å²) < 4.78 is 1.68. The third-order valence-electron chi connectivity index (χ3n) is 2.84. The lowest BCUT2D eigenvalue weighted by Crippen LogP contribution is -2.08. The number of rotatable bonds is 3. The van der Waals surface area contributed by atoms with Gasteiger partial charge in [0.25, 0.3) is 0 Å². The molecule has 0 aliphatic rings. The van der Waals surface area contributed by atoms with Crippen LogP contribution in [0.5, 0.6) is 0 Å². The van der Waals surface area contributed by atoms with E-state index in [4.69, 9.17) is 0 Å². The van der Waals surface area contributed by atoms with E-state index in [1.807, 2.05) is 50.2 Å². The number of ketones is 1. The van der Waals surface area contributed by atoms with Crippen LogP contribution in [0, 0.1) is 6.92 Å². The normalized spacial score (nSPS) is 10.4. The Bertz CT molecular complexity index is 569. The van der Waals surface area contributed by atoms with E-state index in [0.29, 0.717) is 5.69 Å². The summed E-state index contributed by atoms with van der Waals surface area (Å²) in [5.41, 5.74) is 3.20. The molecular formula is C13H16N4O. The number of hydrogen-bond acceptors (Lipinski definition) is 4. The second kappa shape index (κ2) is 4.60. The molecule has 0 spiro atoms. The maximum absolute atomic E-state index is 11.3. The molecule has 94 valence electrons. The Morgan fingerprint density at radius 3 is 2.28 bits per heavy atom. The summed E-state index contributed by atoms with van der Waals surface area (Å²) in [6.45, 7) is 3.34. The third kappa shape index (κ3) is 2.11. The molecule has 0 aliphatic heterocycles. The van der Waals surface area contributed by atoms with E-state index in [9.17, 15) is 4.79 Å². The average Bonchev–Trinajstić information content (AvgIpc) is 2.71. The minimum Gasteiger partial charge on any atom is -0.378 e. The van der Waals surface area contributed by atoms with Crippen molar-refractivity contribution < 1.29 is 4.79 Å². The third-order valence-corrected chi connectivity index (χ3v) is 2.84. The Labute approximate surface area is 106 Å². The summed E-state index contributed by atoms with van der Waals surface area (Å²) in [6.07, 6.45) is 0. The molecule has 2 aromatic rings. The number of Topliss-reactive ketones (excluding diaryl/α,β-unsaturated/α-hetero) is 1. The zero-order valence-corrected chi connectivity index (χ0v) is 11.0. The minimum atomic E-state index is -0.0661. The molecule has 1 aromatic heterocycles. The SMILES string of the molecule is CC(=O)c1nnn(-c2ccc(N(C)C)cc2)c1C. The first-order valence-electron chi connectivity index (χ1n) is 5.71. The number of carbonyl (C=O) groups excluding carboxylic acids is 1. The van der Waals surface area contributed by atoms with Crippen LogP contribution < -0.4 is 4.90 Å². The van der Waals surface area contributed by atoms with Gasteiger partial charge in [-0.25, -0.2) is 4.68 Å². The molecule has 1 aromatic carbocycles. The number of carbonyl (C=O) groups is 1. The minimum absolute atomic E-state index is 0.0661. The van der Waals surface area contributed by atoms with Crippen LogP contribution in [0.2, 0.25) is 0 Å². The monoisotopic (exact) mass is 244 g/mol. The molecule has 0 N–H and O–H groups in total. The van der Waals surface area contributed by atoms with Gasteiger partial charge in [-0.2, -0.15) is 0 Å². The maximum Gasteiger partial charge on any atom is 0.181 e. The van der Waals surface area contributed by atoms with Gasteiger partial charge in [-0.1, -0.05) is 5.21 Å². The Morgan fingerprint density at radius 1 is 1.22 bits per heavy atom. The van der Waals surface area contributed by atoms with Crippen molar-refractivity contribution in [1.82, 2.24) is 15.0 Å². The molecular weight excluding hydrogens is 228 g/mol. The van der Waals surface area contributed by atoms with Crippen LogP contribution in [-0.4, -0.2) is 34.9 Å². The van der Waals surface area contributed by atoms with Crippen molar-refractivity contribution in [2.45, 2.75) is 13.8 Å². The van der Waals surface area contributed by atoms with Crippen LogP contribution in [-0.2, 0) is 0 Å². The molecule has 5 heteroatoms. The summed E-state index contributed by atoms with van der Waals surface area (Å²) in [5, 5.41) is 7.92. The molecule has 1 heterocycles. The van der Waals surface area contributed by atoms with Gasteiger partial charge in [-0.15, -0.1) is 5.10 Å². The first kappa shape index (κ1) is 12.3. The van der Waals surface area contributed by atoms with Crippen LogP contribution in [0.25, 0.3) is 5.69 Å². The summed E-state index contributed by atoms with van der Waals surface area (Å²) in [7, 11) is 3.98. The quantitative estimate of drug-likeness (QED) is 0.773. The second-order valence-corrected chi connectivity index (χ2v) is 4.40. The van der Waals surface area contributed by atoms with Gasteiger partial charge >= 0.3 is 0 Å². The molecule has 0 saturated heterocycles. The highest BCUT2D eigenvalue weighted by Crippen LogP contribution is 2.17. The predicted molar refractivity (Wildman–Crippen MR) is 70.4 cm³/mol. The van der Waals surface area contributed by atoms with Gasteiger partial charge in [-0.3, -0.25) is 4.79 Å². The fourth-order valence-electron chi connectivity index (χ4n) is 1.79.